The summed E-state index contributed by atoms with van der Waals surface area (Å²) in [7, 11) is -3.50. The largest absolute Gasteiger partial charge is 0.453 e. The van der Waals surface area contributed by atoms with E-state index >= 15 is 0 Å². The number of hydrogen-bond acceptors (Lipinski definition) is 5. The molecule has 1 aliphatic rings. The molecule has 1 fully saturated rings. The quantitative estimate of drug-likeness (QED) is 0.563. The van der Waals surface area contributed by atoms with E-state index in [-0.39, 0.29) is 11.5 Å². The Morgan fingerprint density at radius 1 is 1.32 bits per heavy atom. The minimum atomic E-state index is -3.50. The zero-order valence-corrected chi connectivity index (χ0v) is 17.2. The molecule has 0 saturated carbocycles. The molecular weight excluding hydrogens is 380 g/mol. The molecular formula is C20H26N2O5S. The summed E-state index contributed by atoms with van der Waals surface area (Å²) < 4.78 is 31.4. The second-order valence-corrected chi connectivity index (χ2v) is 9.24. The van der Waals surface area contributed by atoms with Crippen LogP contribution in [0.5, 0.6) is 0 Å². The van der Waals surface area contributed by atoms with E-state index in [1.165, 1.54) is 11.2 Å². The van der Waals surface area contributed by atoms with Gasteiger partial charge in [-0.1, -0.05) is 25.1 Å². The summed E-state index contributed by atoms with van der Waals surface area (Å²) in [4.78, 5) is 28.8. The molecule has 1 N–H and O–H groups in total. The van der Waals surface area contributed by atoms with Gasteiger partial charge in [0.15, 0.2) is 6.10 Å². The number of ketones is 1. The van der Waals surface area contributed by atoms with E-state index < -0.39 is 28.1 Å². The van der Waals surface area contributed by atoms with E-state index in [0.29, 0.717) is 37.1 Å². The third kappa shape index (κ3) is 3.84. The molecule has 0 amide bonds. The van der Waals surface area contributed by atoms with Gasteiger partial charge >= 0.3 is 5.97 Å². The van der Waals surface area contributed by atoms with Crippen molar-refractivity contribution in [3.63, 3.8) is 0 Å². The molecule has 1 saturated heterocycles. The third-order valence-corrected chi connectivity index (χ3v) is 7.17. The van der Waals surface area contributed by atoms with Crippen molar-refractivity contribution in [2.75, 3.05) is 12.3 Å². The van der Waals surface area contributed by atoms with Crippen molar-refractivity contribution < 1.29 is 22.7 Å². The van der Waals surface area contributed by atoms with E-state index in [0.717, 1.165) is 10.9 Å². The van der Waals surface area contributed by atoms with Gasteiger partial charge in [-0.05, 0) is 39.2 Å². The lowest BCUT2D eigenvalue weighted by atomic mass is 10.0. The standard InChI is InChI=1S/C20H26N2O5S/c1-4-12-28(25,26)22-11-7-10-17(22)20(24)27-14(3)19(23)18-13(2)21-16-9-6-5-8-15(16)18/h5-6,8-9,14,17,21H,4,7,10-12H2,1-3H3/t14-,17+/m0/s1. The number of esters is 1. The van der Waals surface area contributed by atoms with Crippen molar-refractivity contribution in [1.82, 2.24) is 9.29 Å². The van der Waals surface area contributed by atoms with Crippen molar-refractivity contribution in [3.8, 4) is 0 Å². The number of H-pyrrole nitrogens is 1. The average Bonchev–Trinajstić information content (AvgIpc) is 3.25. The Morgan fingerprint density at radius 2 is 2.04 bits per heavy atom. The first-order valence-electron chi connectivity index (χ1n) is 9.57. The molecule has 0 radical (unpaired) electrons. The second kappa shape index (κ2) is 8.05. The molecule has 0 unspecified atom stereocenters. The number of nitrogens with one attached hydrogen (secondary N) is 1. The highest BCUT2D eigenvalue weighted by atomic mass is 32.2. The van der Waals surface area contributed by atoms with Crippen LogP contribution in [0.1, 0.15) is 49.2 Å². The summed E-state index contributed by atoms with van der Waals surface area (Å²) in [5, 5.41) is 0.779. The first-order valence-corrected chi connectivity index (χ1v) is 11.2. The van der Waals surface area contributed by atoms with Crippen molar-refractivity contribution >= 4 is 32.7 Å². The summed E-state index contributed by atoms with van der Waals surface area (Å²) in [5.41, 5.74) is 2.05. The zero-order valence-electron chi connectivity index (χ0n) is 16.4. The maximum Gasteiger partial charge on any atom is 0.325 e. The molecule has 0 aliphatic carbocycles. The van der Waals surface area contributed by atoms with Crippen LogP contribution in [0.2, 0.25) is 0 Å². The highest BCUT2D eigenvalue weighted by Crippen LogP contribution is 2.26. The van der Waals surface area contributed by atoms with Gasteiger partial charge in [0.25, 0.3) is 0 Å². The summed E-state index contributed by atoms with van der Waals surface area (Å²) in [6.07, 6.45) is 0.498. The highest BCUT2D eigenvalue weighted by Gasteiger charge is 2.40. The number of aromatic nitrogens is 1. The molecule has 0 spiro atoms. The van der Waals surface area contributed by atoms with Crippen LogP contribution in [-0.2, 0) is 19.6 Å². The molecule has 0 bridgehead atoms. The molecule has 3 rings (SSSR count). The minimum absolute atomic E-state index is 0.000200. The Labute approximate surface area is 165 Å². The fourth-order valence-corrected chi connectivity index (χ4v) is 5.52. The number of sulfonamides is 1. The number of aryl methyl sites for hydroxylation is 1. The van der Waals surface area contributed by atoms with Crippen molar-refractivity contribution in [2.24, 2.45) is 0 Å². The normalized spacial score (nSPS) is 19.0. The number of ether oxygens (including phenoxy) is 1. The van der Waals surface area contributed by atoms with Crippen molar-refractivity contribution in [3.05, 3.63) is 35.5 Å². The molecule has 8 heteroatoms. The summed E-state index contributed by atoms with van der Waals surface area (Å²) in [6, 6.07) is 6.59. The molecule has 1 aromatic heterocycles. The Hall–Kier alpha value is -2.19. The molecule has 2 heterocycles. The monoisotopic (exact) mass is 406 g/mol. The average molecular weight is 407 g/mol. The van der Waals surface area contributed by atoms with E-state index in [1.807, 2.05) is 24.3 Å². The van der Waals surface area contributed by atoms with Gasteiger partial charge in [-0.3, -0.25) is 9.59 Å². The van der Waals surface area contributed by atoms with Crippen LogP contribution in [0.15, 0.2) is 24.3 Å². The Balaban J connectivity index is 1.76. The van der Waals surface area contributed by atoms with Gasteiger partial charge in [0.05, 0.1) is 5.75 Å². The van der Waals surface area contributed by atoms with Crippen LogP contribution in [-0.4, -0.2) is 53.9 Å². The van der Waals surface area contributed by atoms with E-state index in [9.17, 15) is 18.0 Å². The Kier molecular flexibility index (Phi) is 5.90. The van der Waals surface area contributed by atoms with Gasteiger partial charge in [-0.2, -0.15) is 4.31 Å². The number of rotatable bonds is 7. The number of fused-ring (bicyclic) bond motifs is 1. The van der Waals surface area contributed by atoms with Crippen LogP contribution in [0, 0.1) is 6.92 Å². The molecule has 7 nitrogen and oxygen atoms in total. The number of para-hydroxylation sites is 1. The smallest absolute Gasteiger partial charge is 0.325 e. The summed E-state index contributed by atoms with van der Waals surface area (Å²) >= 11 is 0. The number of nitrogens with zero attached hydrogens (tertiary/aromatic N) is 1. The van der Waals surface area contributed by atoms with Gasteiger partial charge in [0, 0.05) is 28.7 Å². The third-order valence-electron chi connectivity index (χ3n) is 5.10. The lowest BCUT2D eigenvalue weighted by Crippen LogP contribution is -2.43. The maximum atomic E-state index is 12.9. The predicted octanol–water partition coefficient (Wildman–Crippen LogP) is 2.79. The second-order valence-electron chi connectivity index (χ2n) is 7.20. The first kappa shape index (κ1) is 20.5. The van der Waals surface area contributed by atoms with Gasteiger partial charge in [0.2, 0.25) is 15.8 Å². The molecule has 1 aromatic carbocycles. The first-order chi connectivity index (χ1) is 13.3. The van der Waals surface area contributed by atoms with Gasteiger partial charge < -0.3 is 9.72 Å². The predicted molar refractivity (Wildman–Crippen MR) is 107 cm³/mol. The summed E-state index contributed by atoms with van der Waals surface area (Å²) in [5.74, 6) is -0.959. The number of benzene rings is 1. The lowest BCUT2D eigenvalue weighted by molar-refractivity contribution is -0.150. The fourth-order valence-electron chi connectivity index (χ4n) is 3.79. The van der Waals surface area contributed by atoms with Crippen LogP contribution in [0.4, 0.5) is 0 Å². The van der Waals surface area contributed by atoms with Crippen LogP contribution >= 0.6 is 0 Å². The van der Waals surface area contributed by atoms with Gasteiger partial charge in [-0.25, -0.2) is 8.42 Å². The van der Waals surface area contributed by atoms with E-state index in [1.54, 1.807) is 13.8 Å². The number of aromatic amines is 1. The van der Waals surface area contributed by atoms with E-state index in [2.05, 4.69) is 4.98 Å². The molecule has 2 aromatic rings. The topological polar surface area (TPSA) is 96.5 Å². The van der Waals surface area contributed by atoms with Gasteiger partial charge in [0.1, 0.15) is 6.04 Å². The van der Waals surface area contributed by atoms with Crippen molar-refractivity contribution in [2.45, 2.75) is 52.2 Å². The van der Waals surface area contributed by atoms with Crippen LogP contribution < -0.4 is 0 Å². The number of Topliss-reactive ketones (excluding diaryl/α,β-unsaturated/α-hetero) is 1. The number of carbonyl (C=O) groups is 2. The van der Waals surface area contributed by atoms with Crippen LogP contribution in [0.25, 0.3) is 10.9 Å². The molecule has 1 aliphatic heterocycles. The SMILES string of the molecule is CCCS(=O)(=O)N1CCC[C@@H]1C(=O)O[C@@H](C)C(=O)c1c(C)[nH]c2ccccc12. The molecule has 152 valence electrons. The fraction of sp³-hybridized carbons (Fsp3) is 0.500. The highest BCUT2D eigenvalue weighted by molar-refractivity contribution is 7.89. The molecule has 2 atom stereocenters. The Bertz CT molecular complexity index is 995. The molecule has 28 heavy (non-hydrogen) atoms. The van der Waals surface area contributed by atoms with Crippen molar-refractivity contribution in [1.29, 1.82) is 0 Å². The number of hydrogen-bond donors (Lipinski definition) is 1. The van der Waals surface area contributed by atoms with E-state index in [4.69, 9.17) is 4.74 Å². The maximum absolute atomic E-state index is 12.9. The Morgan fingerprint density at radius 3 is 2.75 bits per heavy atom. The van der Waals surface area contributed by atoms with Gasteiger partial charge in [-0.15, -0.1) is 0 Å². The van der Waals surface area contributed by atoms with Crippen LogP contribution in [0.3, 0.4) is 0 Å². The zero-order chi connectivity index (χ0) is 20.5. The summed E-state index contributed by atoms with van der Waals surface area (Å²) in [6.45, 7) is 5.43. The number of carbonyl (C=O) groups excluding carboxylic acids is 2. The lowest BCUT2D eigenvalue weighted by Gasteiger charge is -2.23. The minimum Gasteiger partial charge on any atom is -0.453 e.